The maximum atomic E-state index is 13.4. The maximum Gasteiger partial charge on any atom is 0.343 e. The van der Waals surface area contributed by atoms with Gasteiger partial charge in [0.2, 0.25) is 0 Å². The van der Waals surface area contributed by atoms with Crippen molar-refractivity contribution in [3.63, 3.8) is 0 Å². The molecule has 0 fully saturated rings. The SMILES string of the molecule is CCOC(=O)c1cnn2ccc(NC(C)c3cc(F)ccc3O)nc12. The molecule has 130 valence electrons. The van der Waals surface area contributed by atoms with Crippen molar-refractivity contribution in [2.45, 2.75) is 19.9 Å². The number of phenolic OH excluding ortho intramolecular Hbond substituents is 1. The molecular weight excluding hydrogens is 327 g/mol. The normalized spacial score (nSPS) is 12.1. The Bertz CT molecular complexity index is 925. The highest BCUT2D eigenvalue weighted by molar-refractivity contribution is 5.95. The summed E-state index contributed by atoms with van der Waals surface area (Å²) in [6.07, 6.45) is 3.04. The lowest BCUT2D eigenvalue weighted by Crippen LogP contribution is -2.10. The average Bonchev–Trinajstić information content (AvgIpc) is 3.00. The monoisotopic (exact) mass is 344 g/mol. The van der Waals surface area contributed by atoms with Crippen LogP contribution in [0.2, 0.25) is 0 Å². The van der Waals surface area contributed by atoms with Gasteiger partial charge >= 0.3 is 5.97 Å². The fourth-order valence-corrected chi connectivity index (χ4v) is 2.47. The summed E-state index contributed by atoms with van der Waals surface area (Å²) in [6, 6.07) is 5.01. The number of nitrogens with one attached hydrogen (secondary N) is 1. The van der Waals surface area contributed by atoms with Gasteiger partial charge < -0.3 is 15.2 Å². The minimum absolute atomic E-state index is 0.0148. The standard InChI is InChI=1S/C17H17FN4O3/c1-3-25-17(24)13-9-19-22-7-6-15(21-16(13)22)20-10(2)12-8-11(18)4-5-14(12)23/h4-10,23H,3H2,1-2H3,(H,20,21). The summed E-state index contributed by atoms with van der Waals surface area (Å²) in [5.74, 6) is -0.503. The average molecular weight is 344 g/mol. The topological polar surface area (TPSA) is 88.8 Å². The third kappa shape index (κ3) is 3.37. The number of anilines is 1. The molecule has 0 amide bonds. The number of hydrogen-bond acceptors (Lipinski definition) is 6. The van der Waals surface area contributed by atoms with Gasteiger partial charge in [-0.2, -0.15) is 5.10 Å². The number of ether oxygens (including phenoxy) is 1. The molecule has 2 N–H and O–H groups in total. The molecule has 8 heteroatoms. The Labute approximate surface area is 143 Å². The van der Waals surface area contributed by atoms with Gasteiger partial charge in [-0.15, -0.1) is 0 Å². The lowest BCUT2D eigenvalue weighted by atomic mass is 10.1. The van der Waals surface area contributed by atoms with Crippen LogP contribution in [0, 0.1) is 5.82 Å². The first-order chi connectivity index (χ1) is 12.0. The Kier molecular flexibility index (Phi) is 4.51. The van der Waals surface area contributed by atoms with E-state index < -0.39 is 17.8 Å². The van der Waals surface area contributed by atoms with E-state index in [9.17, 15) is 14.3 Å². The van der Waals surface area contributed by atoms with E-state index in [1.165, 1.54) is 28.9 Å². The number of hydrogen-bond donors (Lipinski definition) is 2. The van der Waals surface area contributed by atoms with Crippen molar-refractivity contribution in [1.82, 2.24) is 14.6 Å². The molecule has 3 rings (SSSR count). The number of benzene rings is 1. The summed E-state index contributed by atoms with van der Waals surface area (Å²) in [5.41, 5.74) is 1.01. The van der Waals surface area contributed by atoms with E-state index in [1.54, 1.807) is 26.1 Å². The number of carbonyl (C=O) groups is 1. The number of carbonyl (C=O) groups excluding carboxylic acids is 1. The molecule has 0 aliphatic carbocycles. The van der Waals surface area contributed by atoms with Gasteiger partial charge in [0.1, 0.15) is 22.9 Å². The number of fused-ring (bicyclic) bond motifs is 1. The largest absolute Gasteiger partial charge is 0.508 e. The van der Waals surface area contributed by atoms with Crippen LogP contribution in [0.3, 0.4) is 0 Å². The molecule has 1 unspecified atom stereocenters. The minimum Gasteiger partial charge on any atom is -0.508 e. The van der Waals surface area contributed by atoms with E-state index in [-0.39, 0.29) is 17.9 Å². The number of nitrogens with zero attached hydrogens (tertiary/aromatic N) is 3. The summed E-state index contributed by atoms with van der Waals surface area (Å²) in [6.45, 7) is 3.74. The Balaban J connectivity index is 1.90. The molecule has 1 atom stereocenters. The van der Waals surface area contributed by atoms with E-state index in [0.29, 0.717) is 17.0 Å². The van der Waals surface area contributed by atoms with Crippen molar-refractivity contribution in [2.75, 3.05) is 11.9 Å². The van der Waals surface area contributed by atoms with Gasteiger partial charge in [0.25, 0.3) is 0 Å². The smallest absolute Gasteiger partial charge is 0.343 e. The van der Waals surface area contributed by atoms with Gasteiger partial charge in [-0.1, -0.05) is 0 Å². The van der Waals surface area contributed by atoms with Crippen LogP contribution in [0.25, 0.3) is 5.65 Å². The van der Waals surface area contributed by atoms with Crippen molar-refractivity contribution < 1.29 is 19.0 Å². The molecule has 0 spiro atoms. The highest BCUT2D eigenvalue weighted by Crippen LogP contribution is 2.27. The van der Waals surface area contributed by atoms with E-state index in [1.807, 2.05) is 0 Å². The van der Waals surface area contributed by atoms with E-state index in [4.69, 9.17) is 4.74 Å². The molecule has 0 bridgehead atoms. The van der Waals surface area contributed by atoms with Gasteiger partial charge in [0.05, 0.1) is 18.8 Å². The molecule has 1 aromatic carbocycles. The first-order valence-corrected chi connectivity index (χ1v) is 7.76. The van der Waals surface area contributed by atoms with Crippen LogP contribution < -0.4 is 5.32 Å². The second-order valence-corrected chi connectivity index (χ2v) is 5.43. The zero-order chi connectivity index (χ0) is 18.0. The second-order valence-electron chi connectivity index (χ2n) is 5.43. The first-order valence-electron chi connectivity index (χ1n) is 7.76. The van der Waals surface area contributed by atoms with Crippen molar-refractivity contribution in [2.24, 2.45) is 0 Å². The fraction of sp³-hybridized carbons (Fsp3) is 0.235. The second kappa shape index (κ2) is 6.76. The predicted octanol–water partition coefficient (Wildman–Crippen LogP) is 2.92. The molecular formula is C17H17FN4O3. The number of halogens is 1. The molecule has 3 aromatic rings. The van der Waals surface area contributed by atoms with Crippen LogP contribution in [-0.2, 0) is 4.74 Å². The molecule has 7 nitrogen and oxygen atoms in total. The third-order valence-electron chi connectivity index (χ3n) is 3.68. The third-order valence-corrected chi connectivity index (χ3v) is 3.68. The van der Waals surface area contributed by atoms with Crippen LogP contribution >= 0.6 is 0 Å². The molecule has 0 saturated carbocycles. The van der Waals surface area contributed by atoms with Crippen molar-refractivity contribution in [3.8, 4) is 5.75 Å². The fourth-order valence-electron chi connectivity index (χ4n) is 2.47. The minimum atomic E-state index is -0.502. The molecule has 2 aromatic heterocycles. The zero-order valence-corrected chi connectivity index (χ0v) is 13.7. The van der Waals surface area contributed by atoms with Gasteiger partial charge in [0, 0.05) is 11.8 Å². The van der Waals surface area contributed by atoms with Crippen LogP contribution in [0.5, 0.6) is 5.75 Å². The summed E-state index contributed by atoms with van der Waals surface area (Å²) in [7, 11) is 0. The van der Waals surface area contributed by atoms with Gasteiger partial charge in [-0.25, -0.2) is 18.7 Å². The molecule has 0 radical (unpaired) electrons. The number of aromatic nitrogens is 3. The van der Waals surface area contributed by atoms with E-state index in [0.717, 1.165) is 0 Å². The Hall–Kier alpha value is -3.16. The van der Waals surface area contributed by atoms with Gasteiger partial charge in [0.15, 0.2) is 5.65 Å². The van der Waals surface area contributed by atoms with Crippen molar-refractivity contribution in [1.29, 1.82) is 0 Å². The summed E-state index contributed by atoms with van der Waals surface area (Å²) in [5, 5.41) is 17.0. The van der Waals surface area contributed by atoms with E-state index in [2.05, 4.69) is 15.4 Å². The van der Waals surface area contributed by atoms with Gasteiger partial charge in [-0.3, -0.25) is 0 Å². The van der Waals surface area contributed by atoms with Crippen LogP contribution in [0.4, 0.5) is 10.2 Å². The van der Waals surface area contributed by atoms with Crippen LogP contribution in [0.15, 0.2) is 36.7 Å². The number of phenols is 1. The summed E-state index contributed by atoms with van der Waals surface area (Å²) in [4.78, 5) is 16.3. The predicted molar refractivity (Wildman–Crippen MR) is 89.0 cm³/mol. The highest BCUT2D eigenvalue weighted by atomic mass is 19.1. The lowest BCUT2D eigenvalue weighted by molar-refractivity contribution is 0.0528. The number of aromatic hydroxyl groups is 1. The summed E-state index contributed by atoms with van der Waals surface area (Å²) >= 11 is 0. The van der Waals surface area contributed by atoms with Crippen LogP contribution in [0.1, 0.15) is 35.8 Å². The van der Waals surface area contributed by atoms with E-state index >= 15 is 0 Å². The highest BCUT2D eigenvalue weighted by Gasteiger charge is 2.17. The maximum absolute atomic E-state index is 13.4. The summed E-state index contributed by atoms with van der Waals surface area (Å²) < 4.78 is 19.9. The van der Waals surface area contributed by atoms with Crippen LogP contribution in [-0.4, -0.2) is 32.3 Å². The lowest BCUT2D eigenvalue weighted by Gasteiger charge is -2.16. The first kappa shape index (κ1) is 16.7. The Morgan fingerprint density at radius 2 is 2.24 bits per heavy atom. The number of rotatable bonds is 5. The Morgan fingerprint density at radius 1 is 1.44 bits per heavy atom. The Morgan fingerprint density at radius 3 is 3.00 bits per heavy atom. The molecule has 25 heavy (non-hydrogen) atoms. The van der Waals surface area contributed by atoms with Crippen molar-refractivity contribution >= 4 is 17.4 Å². The van der Waals surface area contributed by atoms with Crippen molar-refractivity contribution in [3.05, 3.63) is 53.6 Å². The number of esters is 1. The molecule has 0 aliphatic heterocycles. The van der Waals surface area contributed by atoms with Gasteiger partial charge in [-0.05, 0) is 38.1 Å². The molecule has 0 saturated heterocycles. The molecule has 0 aliphatic rings. The zero-order valence-electron chi connectivity index (χ0n) is 13.7. The molecule has 2 heterocycles. The quantitative estimate of drug-likeness (QED) is 0.692.